The number of nitrogens with one attached hydrogen (secondary N) is 3. The van der Waals surface area contributed by atoms with Gasteiger partial charge in [0.2, 0.25) is 0 Å². The summed E-state index contributed by atoms with van der Waals surface area (Å²) in [5.74, 6) is -0.156. The summed E-state index contributed by atoms with van der Waals surface area (Å²) in [6.07, 6.45) is -0.325. The van der Waals surface area contributed by atoms with E-state index in [1.165, 1.54) is 6.07 Å². The number of carbonyl (C=O) groups excluding carboxylic acids is 2. The quantitative estimate of drug-likeness (QED) is 0.233. The lowest BCUT2D eigenvalue weighted by molar-refractivity contribution is 0.00701. The van der Waals surface area contributed by atoms with Crippen molar-refractivity contribution in [2.45, 2.75) is 39.3 Å². The first-order valence-electron chi connectivity index (χ1n) is 9.58. The number of likely N-dealkylation sites (tertiary alicyclic amines) is 1. The van der Waals surface area contributed by atoms with Gasteiger partial charge in [-0.1, -0.05) is 6.07 Å². The molecular weight excluding hydrogens is 504 g/mol. The maximum Gasteiger partial charge on any atom is 0.410 e. The highest BCUT2D eigenvalue weighted by molar-refractivity contribution is 14.0. The molecule has 2 amide bonds. The molecule has 1 saturated heterocycles. The van der Waals surface area contributed by atoms with E-state index < -0.39 is 11.4 Å². The van der Waals surface area contributed by atoms with E-state index in [0.29, 0.717) is 37.7 Å². The summed E-state index contributed by atoms with van der Waals surface area (Å²) in [6, 6.07) is 4.48. The smallest absolute Gasteiger partial charge is 0.410 e. The summed E-state index contributed by atoms with van der Waals surface area (Å²) >= 11 is 0. The Balaban J connectivity index is 0.00000450. The highest BCUT2D eigenvalue weighted by Crippen LogP contribution is 2.15. The number of aliphatic imine (C=N–C) groups is 1. The molecule has 0 bridgehead atoms. The minimum absolute atomic E-state index is 0. The second-order valence-corrected chi connectivity index (χ2v) is 7.95. The Labute approximate surface area is 194 Å². The van der Waals surface area contributed by atoms with Gasteiger partial charge in [-0.15, -0.1) is 24.0 Å². The molecule has 1 aromatic carbocycles. The molecule has 1 heterocycles. The first kappa shape index (κ1) is 25.9. The number of guanidine groups is 1. The summed E-state index contributed by atoms with van der Waals surface area (Å²) in [4.78, 5) is 29.7. The number of hydrogen-bond donors (Lipinski definition) is 3. The van der Waals surface area contributed by atoms with Gasteiger partial charge in [-0.3, -0.25) is 9.79 Å². The lowest BCUT2D eigenvalue weighted by Crippen LogP contribution is -2.63. The molecule has 0 atom stereocenters. The van der Waals surface area contributed by atoms with E-state index in [2.05, 4.69) is 20.9 Å². The van der Waals surface area contributed by atoms with E-state index in [1.807, 2.05) is 20.8 Å². The average Bonchev–Trinajstić information content (AvgIpc) is 2.59. The van der Waals surface area contributed by atoms with Crippen molar-refractivity contribution < 1.29 is 18.7 Å². The average molecular weight is 535 g/mol. The number of benzene rings is 1. The van der Waals surface area contributed by atoms with E-state index in [1.54, 1.807) is 31.0 Å². The van der Waals surface area contributed by atoms with Crippen LogP contribution in [0.15, 0.2) is 23.2 Å². The molecule has 8 nitrogen and oxygen atoms in total. The molecule has 0 aliphatic carbocycles. The molecule has 0 radical (unpaired) electrons. The Morgan fingerprint density at radius 2 is 1.87 bits per heavy atom. The van der Waals surface area contributed by atoms with E-state index >= 15 is 0 Å². The van der Waals surface area contributed by atoms with Crippen LogP contribution in [0.5, 0.6) is 0 Å². The molecule has 0 aromatic heterocycles. The Bertz CT molecular complexity index is 776. The van der Waals surface area contributed by atoms with Crippen molar-refractivity contribution in [3.05, 3.63) is 35.1 Å². The monoisotopic (exact) mass is 535 g/mol. The van der Waals surface area contributed by atoms with Crippen molar-refractivity contribution in [1.82, 2.24) is 20.9 Å². The zero-order valence-corrected chi connectivity index (χ0v) is 20.4. The molecule has 1 aliphatic heterocycles. The third-order valence-electron chi connectivity index (χ3n) is 4.23. The topological polar surface area (TPSA) is 95.1 Å². The molecule has 10 heteroatoms. The highest BCUT2D eigenvalue weighted by atomic mass is 127. The second kappa shape index (κ2) is 11.3. The van der Waals surface area contributed by atoms with Crippen molar-refractivity contribution in [1.29, 1.82) is 0 Å². The van der Waals surface area contributed by atoms with Crippen LogP contribution >= 0.6 is 24.0 Å². The van der Waals surface area contributed by atoms with Crippen LogP contribution in [-0.2, 0) is 4.74 Å². The minimum Gasteiger partial charge on any atom is -0.444 e. The third kappa shape index (κ3) is 7.96. The number of carbonyl (C=O) groups is 2. The van der Waals surface area contributed by atoms with Crippen molar-refractivity contribution >= 4 is 41.9 Å². The summed E-state index contributed by atoms with van der Waals surface area (Å²) in [6.45, 7) is 9.01. The molecule has 1 aliphatic rings. The zero-order chi connectivity index (χ0) is 21.6. The Morgan fingerprint density at radius 3 is 2.43 bits per heavy atom. The molecule has 1 fully saturated rings. The number of aryl methyl sites for hydroxylation is 1. The Hall–Kier alpha value is -2.11. The fourth-order valence-corrected chi connectivity index (χ4v) is 2.63. The van der Waals surface area contributed by atoms with Crippen LogP contribution in [-0.4, -0.2) is 67.7 Å². The van der Waals surface area contributed by atoms with E-state index in [0.717, 1.165) is 0 Å². The van der Waals surface area contributed by atoms with Gasteiger partial charge in [0.15, 0.2) is 5.96 Å². The van der Waals surface area contributed by atoms with Gasteiger partial charge in [0.05, 0.1) is 6.04 Å². The predicted octanol–water partition coefficient (Wildman–Crippen LogP) is 2.27. The van der Waals surface area contributed by atoms with Crippen LogP contribution in [0.1, 0.15) is 36.7 Å². The van der Waals surface area contributed by atoms with Crippen LogP contribution in [0.2, 0.25) is 0 Å². The van der Waals surface area contributed by atoms with Crippen LogP contribution in [0.3, 0.4) is 0 Å². The number of halogens is 2. The zero-order valence-electron chi connectivity index (χ0n) is 18.0. The SMILES string of the molecule is CN=C(NCCNC(=O)c1ccc(C)c(F)c1)NC1CN(C(=O)OC(C)(C)C)C1.I. The largest absolute Gasteiger partial charge is 0.444 e. The maximum absolute atomic E-state index is 13.5. The summed E-state index contributed by atoms with van der Waals surface area (Å²) in [7, 11) is 1.65. The van der Waals surface area contributed by atoms with E-state index in [-0.39, 0.29) is 47.6 Å². The molecule has 2 rings (SSSR count). The first-order valence-corrected chi connectivity index (χ1v) is 9.58. The van der Waals surface area contributed by atoms with Gasteiger partial charge in [-0.25, -0.2) is 9.18 Å². The molecule has 0 spiro atoms. The number of nitrogens with zero attached hydrogens (tertiary/aromatic N) is 2. The lowest BCUT2D eigenvalue weighted by atomic mass is 10.1. The van der Waals surface area contributed by atoms with Gasteiger partial charge in [0.25, 0.3) is 5.91 Å². The predicted molar refractivity (Wildman–Crippen MR) is 125 cm³/mol. The van der Waals surface area contributed by atoms with Crippen molar-refractivity contribution in [2.24, 2.45) is 4.99 Å². The van der Waals surface area contributed by atoms with Crippen LogP contribution in [0.25, 0.3) is 0 Å². The molecule has 30 heavy (non-hydrogen) atoms. The summed E-state index contributed by atoms with van der Waals surface area (Å²) in [5, 5.41) is 9.03. The first-order chi connectivity index (χ1) is 13.6. The lowest BCUT2D eigenvalue weighted by Gasteiger charge is -2.40. The van der Waals surface area contributed by atoms with Crippen molar-refractivity contribution in [3.63, 3.8) is 0 Å². The van der Waals surface area contributed by atoms with Gasteiger partial charge in [-0.05, 0) is 45.4 Å². The minimum atomic E-state index is -0.512. The molecule has 3 N–H and O–H groups in total. The number of ether oxygens (including phenoxy) is 1. The normalized spacial score (nSPS) is 14.3. The molecule has 0 unspecified atom stereocenters. The van der Waals surface area contributed by atoms with Gasteiger partial charge < -0.3 is 25.6 Å². The molecular formula is C20H31FIN5O3. The molecule has 1 aromatic rings. The summed E-state index contributed by atoms with van der Waals surface area (Å²) < 4.78 is 18.9. The van der Waals surface area contributed by atoms with Crippen molar-refractivity contribution in [2.75, 3.05) is 33.2 Å². The van der Waals surface area contributed by atoms with Gasteiger partial charge in [0.1, 0.15) is 11.4 Å². The fraction of sp³-hybridized carbons (Fsp3) is 0.550. The maximum atomic E-state index is 13.5. The molecule has 168 valence electrons. The summed E-state index contributed by atoms with van der Waals surface area (Å²) in [5.41, 5.74) is 0.272. The van der Waals surface area contributed by atoms with E-state index in [9.17, 15) is 14.0 Å². The highest BCUT2D eigenvalue weighted by Gasteiger charge is 2.34. The number of rotatable bonds is 5. The van der Waals surface area contributed by atoms with Crippen LogP contribution in [0.4, 0.5) is 9.18 Å². The molecule has 0 saturated carbocycles. The van der Waals surface area contributed by atoms with Crippen LogP contribution < -0.4 is 16.0 Å². The third-order valence-corrected chi connectivity index (χ3v) is 4.23. The van der Waals surface area contributed by atoms with Crippen LogP contribution in [0, 0.1) is 12.7 Å². The van der Waals surface area contributed by atoms with Gasteiger partial charge >= 0.3 is 6.09 Å². The van der Waals surface area contributed by atoms with E-state index in [4.69, 9.17) is 4.74 Å². The fourth-order valence-electron chi connectivity index (χ4n) is 2.63. The number of amides is 2. The standard InChI is InChI=1S/C20H30FN5O3.HI/c1-13-6-7-14(10-16(13)21)17(27)23-8-9-24-18(22-5)25-15-11-26(12-15)19(28)29-20(2,3)4;/h6-7,10,15H,8-9,11-12H2,1-5H3,(H,23,27)(H2,22,24,25);1H. The van der Waals surface area contributed by atoms with Crippen molar-refractivity contribution in [3.8, 4) is 0 Å². The number of hydrogen-bond acceptors (Lipinski definition) is 4. The second-order valence-electron chi connectivity index (χ2n) is 7.95. The van der Waals surface area contributed by atoms with Gasteiger partial charge in [0, 0.05) is 38.8 Å². The Morgan fingerprint density at radius 1 is 1.23 bits per heavy atom. The van der Waals surface area contributed by atoms with Gasteiger partial charge in [-0.2, -0.15) is 0 Å². The Kier molecular flexibility index (Phi) is 9.79.